The molecule has 2 aliphatic rings. The quantitative estimate of drug-likeness (QED) is 0.145. The van der Waals surface area contributed by atoms with E-state index in [4.69, 9.17) is 23.2 Å². The number of aliphatic hydroxyl groups excluding tert-OH is 1. The van der Waals surface area contributed by atoms with Crippen LogP contribution in [0.3, 0.4) is 0 Å². The van der Waals surface area contributed by atoms with Gasteiger partial charge in [-0.25, -0.2) is 4.79 Å². The van der Waals surface area contributed by atoms with Crippen LogP contribution in [0.4, 0.5) is 0 Å². The molecule has 2 aromatic heterocycles. The van der Waals surface area contributed by atoms with E-state index in [1.807, 2.05) is 0 Å². The van der Waals surface area contributed by atoms with Crippen LogP contribution in [0.2, 0.25) is 10.0 Å². The number of hydrogen-bond acceptors (Lipinski definition) is 10. The van der Waals surface area contributed by atoms with Crippen LogP contribution in [0.1, 0.15) is 17.0 Å². The van der Waals surface area contributed by atoms with Gasteiger partial charge >= 0.3 is 5.97 Å². The Kier molecular flexibility index (Phi) is 10.5. The third-order valence-corrected chi connectivity index (χ3v) is 11.9. The first-order valence-corrected chi connectivity index (χ1v) is 17.5. The molecule has 1 fully saturated rings. The van der Waals surface area contributed by atoms with Gasteiger partial charge in [-0.05, 0) is 35.2 Å². The number of pyridine rings is 1. The minimum absolute atomic E-state index is 0.00145. The van der Waals surface area contributed by atoms with E-state index >= 15 is 0 Å². The largest absolute Gasteiger partial charge is 0.543 e. The molecule has 0 aliphatic carbocycles. The molecule has 2 amide bonds. The van der Waals surface area contributed by atoms with Crippen molar-refractivity contribution in [2.75, 3.05) is 17.3 Å². The van der Waals surface area contributed by atoms with Crippen LogP contribution in [-0.4, -0.2) is 67.5 Å². The number of rotatable bonds is 12. The summed E-state index contributed by atoms with van der Waals surface area (Å²) < 4.78 is 1.35. The first-order valence-electron chi connectivity index (χ1n) is 12.9. The molecule has 4 heterocycles. The van der Waals surface area contributed by atoms with Gasteiger partial charge in [0.1, 0.15) is 23.1 Å². The van der Waals surface area contributed by atoms with Gasteiger partial charge in [0.2, 0.25) is 11.9 Å². The van der Waals surface area contributed by atoms with Gasteiger partial charge in [-0.1, -0.05) is 29.3 Å². The number of hydrogen-bond donors (Lipinski definition) is 3. The third kappa shape index (κ3) is 7.06. The fraction of sp³-hybridized carbons (Fsp3) is 0.250. The van der Waals surface area contributed by atoms with Crippen molar-refractivity contribution in [1.29, 1.82) is 0 Å². The predicted octanol–water partition coefficient (Wildman–Crippen LogP) is 2.99. The average Bonchev–Trinajstić information content (AvgIpc) is 3.54. The molecule has 16 heteroatoms. The van der Waals surface area contributed by atoms with E-state index in [0.717, 1.165) is 4.90 Å². The Morgan fingerprint density at radius 3 is 2.57 bits per heavy atom. The summed E-state index contributed by atoms with van der Waals surface area (Å²) in [5.74, 6) is -2.95. The molecule has 1 saturated heterocycles. The number of carboxylic acids is 2. The summed E-state index contributed by atoms with van der Waals surface area (Å²) in [4.78, 5) is 52.7. The molecule has 4 atom stereocenters. The number of thiophene rings is 1. The molecule has 2 aliphatic heterocycles. The molecular weight excluding hydrogens is 689 g/mol. The number of aliphatic carboxylic acids is 2. The van der Waals surface area contributed by atoms with E-state index in [2.05, 4.69) is 5.32 Å². The molecule has 1 aromatic carbocycles. The summed E-state index contributed by atoms with van der Waals surface area (Å²) in [5.41, 5.74) is 0.449. The highest BCUT2D eigenvalue weighted by atomic mass is 35.5. The minimum atomic E-state index is -1.43. The van der Waals surface area contributed by atoms with Crippen molar-refractivity contribution in [1.82, 2.24) is 10.2 Å². The van der Waals surface area contributed by atoms with Crippen LogP contribution in [-0.2, 0) is 19.2 Å². The zero-order valence-corrected chi connectivity index (χ0v) is 27.2. The van der Waals surface area contributed by atoms with Crippen LogP contribution < -0.4 is 15.0 Å². The first kappa shape index (κ1) is 32.7. The molecule has 0 saturated carbocycles. The number of fused-ring (bicyclic) bond motifs is 1. The van der Waals surface area contributed by atoms with Gasteiger partial charge in [0.25, 0.3) is 5.91 Å². The number of carbonyl (C=O) groups excluding carboxylic acids is 3. The van der Waals surface area contributed by atoms with E-state index in [0.29, 0.717) is 31.1 Å². The number of nitrogens with zero attached hydrogens (tertiary/aromatic N) is 2. The summed E-state index contributed by atoms with van der Waals surface area (Å²) >= 11 is 17.3. The van der Waals surface area contributed by atoms with E-state index in [9.17, 15) is 34.5 Å². The lowest BCUT2D eigenvalue weighted by atomic mass is 10.0. The zero-order valence-electron chi connectivity index (χ0n) is 22.4. The number of aliphatic hydroxyl groups is 1. The van der Waals surface area contributed by atoms with E-state index < -0.39 is 47.3 Å². The highest BCUT2D eigenvalue weighted by molar-refractivity contribution is 8.01. The van der Waals surface area contributed by atoms with Gasteiger partial charge in [0, 0.05) is 43.3 Å². The Labute approximate surface area is 278 Å². The van der Waals surface area contributed by atoms with Crippen LogP contribution >= 0.6 is 69.8 Å². The molecule has 10 nitrogen and oxygen atoms in total. The number of halogens is 2. The lowest BCUT2D eigenvalue weighted by Gasteiger charge is -2.49. The summed E-state index contributed by atoms with van der Waals surface area (Å²) in [7, 11) is 0. The Balaban J connectivity index is 1.21. The summed E-state index contributed by atoms with van der Waals surface area (Å²) in [6.07, 6.45) is 1.74. The molecular formula is C28H23Cl2N3O7S4. The van der Waals surface area contributed by atoms with Gasteiger partial charge in [-0.2, -0.15) is 4.57 Å². The number of amides is 2. The van der Waals surface area contributed by atoms with Crippen LogP contribution in [0.25, 0.3) is 0 Å². The molecule has 44 heavy (non-hydrogen) atoms. The number of β-lactam (4-membered cyclic amide) rings is 1. The highest BCUT2D eigenvalue weighted by Gasteiger charge is 2.54. The Morgan fingerprint density at radius 2 is 1.91 bits per heavy atom. The normalized spacial score (nSPS) is 19.2. The monoisotopic (exact) mass is 711 g/mol. The van der Waals surface area contributed by atoms with Gasteiger partial charge < -0.3 is 25.4 Å². The van der Waals surface area contributed by atoms with Gasteiger partial charge in [-0.15, -0.1) is 46.6 Å². The third-order valence-electron chi connectivity index (χ3n) is 6.75. The van der Waals surface area contributed by atoms with Crippen molar-refractivity contribution < 1.29 is 39.1 Å². The Bertz CT molecular complexity index is 1620. The minimum Gasteiger partial charge on any atom is -0.543 e. The predicted molar refractivity (Wildman–Crippen MR) is 168 cm³/mol. The van der Waals surface area contributed by atoms with Crippen molar-refractivity contribution in [2.24, 2.45) is 0 Å². The first-order chi connectivity index (χ1) is 21.0. The fourth-order valence-electron chi connectivity index (χ4n) is 4.65. The molecule has 3 aromatic rings. The van der Waals surface area contributed by atoms with Crippen molar-refractivity contribution in [3.8, 4) is 0 Å². The maximum atomic E-state index is 13.0. The second-order valence-corrected chi connectivity index (χ2v) is 14.6. The highest BCUT2D eigenvalue weighted by Crippen LogP contribution is 2.42. The van der Waals surface area contributed by atoms with Crippen LogP contribution in [0, 0.1) is 0 Å². The molecule has 2 unspecified atom stereocenters. The van der Waals surface area contributed by atoms with Crippen molar-refractivity contribution in [2.45, 2.75) is 33.4 Å². The number of thioether (sulfide) groups is 3. The maximum absolute atomic E-state index is 13.0. The SMILES string of the molecule is O=C(CSc1cc(Cl)ccc1Cl)N[C@@H]1C(=O)N2C(C(=O)O)=C(CSc3cc[n+](C(C(=O)[O-])C(O)c4cccs4)cc3)CS[C@H]12. The standard InChI is InChI=1S/C28H23Cl2N3O7S4/c29-15-3-4-17(30)19(10-15)43-13-20(34)31-21-25(36)33-22(27(37)38)14(12-44-26(21)33)11-42-16-5-7-32(8-6-16)23(28(39)40)24(35)18-2-1-9-41-18/h1-10,21,23-24,26,35H,11-13H2,(H2-,31,34,37,38,39,40)/t21-,23?,24?,26-/m1/s1. The molecule has 230 valence electrons. The van der Waals surface area contributed by atoms with Crippen molar-refractivity contribution in [3.05, 3.63) is 86.4 Å². The van der Waals surface area contributed by atoms with Gasteiger partial charge in [-0.3, -0.25) is 14.5 Å². The van der Waals surface area contributed by atoms with Crippen molar-refractivity contribution in [3.63, 3.8) is 0 Å². The maximum Gasteiger partial charge on any atom is 0.352 e. The summed E-state index contributed by atoms with van der Waals surface area (Å²) in [6.45, 7) is 0. The molecule has 3 N–H and O–H groups in total. The molecule has 0 bridgehead atoms. The smallest absolute Gasteiger partial charge is 0.352 e. The van der Waals surface area contributed by atoms with Gasteiger partial charge in [0.05, 0.1) is 10.8 Å². The molecule has 5 rings (SSSR count). The second-order valence-electron chi connectivity index (χ2n) is 9.57. The van der Waals surface area contributed by atoms with Gasteiger partial charge in [0.15, 0.2) is 18.5 Å². The topological polar surface area (TPSA) is 151 Å². The van der Waals surface area contributed by atoms with Crippen molar-refractivity contribution >= 4 is 93.6 Å². The van der Waals surface area contributed by atoms with E-state index in [1.54, 1.807) is 47.8 Å². The number of carbonyl (C=O) groups is 4. The van der Waals surface area contributed by atoms with Crippen LogP contribution in [0.5, 0.6) is 0 Å². The number of benzene rings is 1. The van der Waals surface area contributed by atoms with E-state index in [1.165, 1.54) is 68.5 Å². The fourth-order valence-corrected chi connectivity index (χ4v) is 9.06. The lowest BCUT2D eigenvalue weighted by molar-refractivity contribution is -0.724. The van der Waals surface area contributed by atoms with E-state index in [-0.39, 0.29) is 17.2 Å². The zero-order chi connectivity index (χ0) is 31.5. The molecule has 0 radical (unpaired) electrons. The molecule has 0 spiro atoms. The summed E-state index contributed by atoms with van der Waals surface area (Å²) in [6, 6.07) is 9.42. The summed E-state index contributed by atoms with van der Waals surface area (Å²) in [5, 5.41) is 37.2. The Morgan fingerprint density at radius 1 is 1.16 bits per heavy atom. The number of aromatic nitrogens is 1. The average molecular weight is 713 g/mol. The lowest BCUT2D eigenvalue weighted by Crippen LogP contribution is -2.70. The van der Waals surface area contributed by atoms with Crippen LogP contribution in [0.15, 0.2) is 81.3 Å². The Hall–Kier alpha value is -2.72. The number of nitrogens with one attached hydrogen (secondary N) is 1. The second kappa shape index (κ2) is 14.1. The number of carboxylic acid groups (broad SMARTS) is 2.